The molecule has 1 amide bonds. The van der Waals surface area contributed by atoms with E-state index in [9.17, 15) is 13.2 Å². The third kappa shape index (κ3) is 4.84. The fourth-order valence-corrected chi connectivity index (χ4v) is 5.70. The second-order valence-corrected chi connectivity index (χ2v) is 10.3. The van der Waals surface area contributed by atoms with Crippen molar-refractivity contribution in [1.82, 2.24) is 5.32 Å². The maximum absolute atomic E-state index is 13.3. The minimum Gasteiger partial charge on any atom is -0.351 e. The number of sulfonamides is 1. The summed E-state index contributed by atoms with van der Waals surface area (Å²) < 4.78 is 29.0. The summed E-state index contributed by atoms with van der Waals surface area (Å²) in [4.78, 5) is 13.3. The Morgan fingerprint density at radius 2 is 1.77 bits per heavy atom. The fourth-order valence-electron chi connectivity index (χ4n) is 3.19. The van der Waals surface area contributed by atoms with Crippen molar-refractivity contribution in [3.05, 3.63) is 59.0 Å². The summed E-state index contributed by atoms with van der Waals surface area (Å²) in [6, 6.07) is 14.3. The highest BCUT2D eigenvalue weighted by Crippen LogP contribution is 2.32. The van der Waals surface area contributed by atoms with Gasteiger partial charge in [0, 0.05) is 17.8 Å². The van der Waals surface area contributed by atoms with E-state index in [0.29, 0.717) is 30.1 Å². The van der Waals surface area contributed by atoms with Gasteiger partial charge in [0.1, 0.15) is 0 Å². The van der Waals surface area contributed by atoms with E-state index in [1.807, 2.05) is 50.2 Å². The lowest BCUT2D eigenvalue weighted by atomic mass is 10.2. The Labute approximate surface area is 182 Å². The van der Waals surface area contributed by atoms with Crippen LogP contribution in [0.4, 0.5) is 5.69 Å². The predicted octanol–water partition coefficient (Wildman–Crippen LogP) is 5.34. The molecule has 0 atom stereocenters. The van der Waals surface area contributed by atoms with Crippen LogP contribution < -0.4 is 9.62 Å². The van der Waals surface area contributed by atoms with Gasteiger partial charge in [-0.05, 0) is 61.5 Å². The summed E-state index contributed by atoms with van der Waals surface area (Å²) in [6.45, 7) is 7.02. The van der Waals surface area contributed by atoms with Crippen LogP contribution >= 0.6 is 11.3 Å². The number of thiophene rings is 1. The zero-order valence-corrected chi connectivity index (χ0v) is 19.3. The summed E-state index contributed by atoms with van der Waals surface area (Å²) in [5.41, 5.74) is 1.63. The Morgan fingerprint density at radius 3 is 2.43 bits per heavy atom. The van der Waals surface area contributed by atoms with Crippen LogP contribution in [0.3, 0.4) is 0 Å². The third-order valence-electron chi connectivity index (χ3n) is 4.86. The van der Waals surface area contributed by atoms with Gasteiger partial charge < -0.3 is 5.32 Å². The lowest BCUT2D eigenvalue weighted by molar-refractivity contribution is 0.0957. The normalized spacial score (nSPS) is 11.6. The summed E-state index contributed by atoms with van der Waals surface area (Å²) >= 11 is 1.42. The van der Waals surface area contributed by atoms with Crippen molar-refractivity contribution in [2.45, 2.75) is 44.9 Å². The first kappa shape index (κ1) is 22.3. The van der Waals surface area contributed by atoms with Crippen LogP contribution in [0.1, 0.15) is 48.3 Å². The molecule has 30 heavy (non-hydrogen) atoms. The molecule has 0 aliphatic heterocycles. The molecule has 3 rings (SSSR count). The number of hydrogen-bond donors (Lipinski definition) is 1. The fraction of sp³-hybridized carbons (Fsp3) is 0.348. The molecule has 0 fully saturated rings. The number of carbonyl (C=O) groups is 1. The molecular weight excluding hydrogens is 416 g/mol. The first-order valence-corrected chi connectivity index (χ1v) is 12.5. The minimum absolute atomic E-state index is 0.0797. The number of carbonyl (C=O) groups excluding carboxylic acids is 1. The van der Waals surface area contributed by atoms with E-state index in [0.717, 1.165) is 28.5 Å². The average Bonchev–Trinajstić information content (AvgIpc) is 3.16. The molecule has 2 aromatic carbocycles. The largest absolute Gasteiger partial charge is 0.351 e. The molecule has 0 saturated carbocycles. The molecule has 1 heterocycles. The molecule has 1 aromatic heterocycles. The molecule has 160 valence electrons. The van der Waals surface area contributed by atoms with Crippen molar-refractivity contribution >= 4 is 43.0 Å². The topological polar surface area (TPSA) is 66.5 Å². The van der Waals surface area contributed by atoms with Gasteiger partial charge in [-0.2, -0.15) is 0 Å². The lowest BCUT2D eigenvalue weighted by Crippen LogP contribution is -2.31. The van der Waals surface area contributed by atoms with Crippen molar-refractivity contribution in [3.63, 3.8) is 0 Å². The number of rotatable bonds is 9. The number of fused-ring (bicyclic) bond motifs is 1. The summed E-state index contributed by atoms with van der Waals surface area (Å²) in [6.07, 6.45) is 2.67. The van der Waals surface area contributed by atoms with Gasteiger partial charge in [0.15, 0.2) is 0 Å². The predicted molar refractivity (Wildman–Crippen MR) is 125 cm³/mol. The van der Waals surface area contributed by atoms with E-state index in [1.54, 1.807) is 12.1 Å². The molecule has 0 unspecified atom stereocenters. The highest BCUT2D eigenvalue weighted by atomic mass is 32.2. The number of hydrogen-bond acceptors (Lipinski definition) is 4. The van der Waals surface area contributed by atoms with Gasteiger partial charge in [0.25, 0.3) is 15.9 Å². The van der Waals surface area contributed by atoms with E-state index in [-0.39, 0.29) is 10.8 Å². The zero-order valence-electron chi connectivity index (χ0n) is 17.6. The maximum atomic E-state index is 13.3. The molecule has 0 spiro atoms. The van der Waals surface area contributed by atoms with Gasteiger partial charge in [0.05, 0.1) is 15.5 Å². The quantitative estimate of drug-likeness (QED) is 0.453. The second kappa shape index (κ2) is 9.62. The van der Waals surface area contributed by atoms with Crippen LogP contribution in [0, 0.1) is 6.92 Å². The van der Waals surface area contributed by atoms with Crippen molar-refractivity contribution in [2.75, 3.05) is 17.4 Å². The molecule has 0 saturated heterocycles. The van der Waals surface area contributed by atoms with Crippen LogP contribution in [-0.2, 0) is 10.0 Å². The number of benzene rings is 2. The number of anilines is 1. The first-order valence-electron chi connectivity index (χ1n) is 10.3. The van der Waals surface area contributed by atoms with Gasteiger partial charge in [-0.3, -0.25) is 9.10 Å². The lowest BCUT2D eigenvalue weighted by Gasteiger charge is -2.24. The summed E-state index contributed by atoms with van der Waals surface area (Å²) in [5, 5.41) is 3.81. The van der Waals surface area contributed by atoms with Crippen molar-refractivity contribution in [1.29, 1.82) is 0 Å². The van der Waals surface area contributed by atoms with Gasteiger partial charge in [-0.25, -0.2) is 8.42 Å². The molecular formula is C23H28N2O3S2. The SMILES string of the molecule is CCCCNC(=O)c1cc2cc(N(CCC)S(=O)(=O)c3ccc(C)cc3)ccc2s1. The third-order valence-corrected chi connectivity index (χ3v) is 7.82. The number of amides is 1. The van der Waals surface area contributed by atoms with Crippen LogP contribution in [0.15, 0.2) is 53.4 Å². The van der Waals surface area contributed by atoms with E-state index in [1.165, 1.54) is 15.6 Å². The van der Waals surface area contributed by atoms with Gasteiger partial charge in [-0.1, -0.05) is 38.0 Å². The highest BCUT2D eigenvalue weighted by molar-refractivity contribution is 7.92. The number of unbranched alkanes of at least 4 members (excludes halogenated alkanes) is 1. The molecule has 0 aliphatic carbocycles. The molecule has 0 radical (unpaired) electrons. The molecule has 0 aliphatic rings. The zero-order chi connectivity index (χ0) is 21.7. The molecule has 7 heteroatoms. The number of nitrogens with zero attached hydrogens (tertiary/aromatic N) is 1. The smallest absolute Gasteiger partial charge is 0.264 e. The Bertz CT molecular complexity index is 1120. The Hall–Kier alpha value is -2.38. The Kier molecular flexibility index (Phi) is 7.15. The van der Waals surface area contributed by atoms with E-state index >= 15 is 0 Å². The van der Waals surface area contributed by atoms with Gasteiger partial charge >= 0.3 is 0 Å². The van der Waals surface area contributed by atoms with Gasteiger partial charge in [0.2, 0.25) is 0 Å². The Morgan fingerprint density at radius 1 is 1.03 bits per heavy atom. The van der Waals surface area contributed by atoms with E-state index < -0.39 is 10.0 Å². The van der Waals surface area contributed by atoms with Gasteiger partial charge in [-0.15, -0.1) is 11.3 Å². The Balaban J connectivity index is 1.94. The molecule has 1 N–H and O–H groups in total. The van der Waals surface area contributed by atoms with Crippen molar-refractivity contribution in [2.24, 2.45) is 0 Å². The maximum Gasteiger partial charge on any atom is 0.264 e. The van der Waals surface area contributed by atoms with E-state index in [4.69, 9.17) is 0 Å². The highest BCUT2D eigenvalue weighted by Gasteiger charge is 2.24. The second-order valence-electron chi connectivity index (χ2n) is 7.33. The molecule has 3 aromatic rings. The summed E-state index contributed by atoms with van der Waals surface area (Å²) in [5.74, 6) is -0.0797. The number of aryl methyl sites for hydroxylation is 1. The average molecular weight is 445 g/mol. The van der Waals surface area contributed by atoms with Crippen LogP contribution in [0.2, 0.25) is 0 Å². The molecule has 0 bridgehead atoms. The first-order chi connectivity index (χ1) is 14.4. The van der Waals surface area contributed by atoms with Crippen LogP contribution in [0.5, 0.6) is 0 Å². The molecule has 5 nitrogen and oxygen atoms in total. The van der Waals surface area contributed by atoms with Crippen LogP contribution in [-0.4, -0.2) is 27.4 Å². The monoisotopic (exact) mass is 444 g/mol. The van der Waals surface area contributed by atoms with Crippen LogP contribution in [0.25, 0.3) is 10.1 Å². The number of nitrogens with one attached hydrogen (secondary N) is 1. The standard InChI is InChI=1S/C23H28N2O3S2/c1-4-6-13-24-23(26)22-16-18-15-19(9-12-21(18)29-22)25(14-5-2)30(27,28)20-10-7-17(3)8-11-20/h7-12,15-16H,4-6,13-14H2,1-3H3,(H,24,26). The van der Waals surface area contributed by atoms with E-state index in [2.05, 4.69) is 12.2 Å². The minimum atomic E-state index is -3.67. The summed E-state index contributed by atoms with van der Waals surface area (Å²) in [7, 11) is -3.67. The van der Waals surface area contributed by atoms with Crippen molar-refractivity contribution < 1.29 is 13.2 Å². The van der Waals surface area contributed by atoms with Crippen molar-refractivity contribution in [3.8, 4) is 0 Å².